The standard InChI is InChI=1S/C24H16F3N7O/c25-24(26,27)16-7-9-17(10-8-16)29-23(35)30-18-5-3-4-15(14-18)19-11-12-21-31-32-22(34(21)33-19)20-6-1-2-13-28-20/h1-14H,(H2,29,30,35). The van der Waals surface area contributed by atoms with E-state index < -0.39 is 17.8 Å². The molecule has 8 nitrogen and oxygen atoms in total. The van der Waals surface area contributed by atoms with Crippen LogP contribution in [0.2, 0.25) is 0 Å². The van der Waals surface area contributed by atoms with Crippen molar-refractivity contribution in [3.8, 4) is 22.8 Å². The third kappa shape index (κ3) is 4.78. The maximum absolute atomic E-state index is 12.7. The first-order valence-corrected chi connectivity index (χ1v) is 10.4. The first-order valence-electron chi connectivity index (χ1n) is 10.4. The van der Waals surface area contributed by atoms with E-state index in [0.717, 1.165) is 17.7 Å². The molecule has 0 unspecified atom stereocenters. The molecule has 0 bridgehead atoms. The fourth-order valence-corrected chi connectivity index (χ4v) is 3.39. The van der Waals surface area contributed by atoms with Gasteiger partial charge in [0.25, 0.3) is 0 Å². The van der Waals surface area contributed by atoms with Crippen molar-refractivity contribution in [3.63, 3.8) is 0 Å². The van der Waals surface area contributed by atoms with Crippen LogP contribution < -0.4 is 10.6 Å². The van der Waals surface area contributed by atoms with Crippen molar-refractivity contribution in [1.29, 1.82) is 0 Å². The molecule has 0 saturated heterocycles. The topological polar surface area (TPSA) is 97.1 Å². The van der Waals surface area contributed by atoms with E-state index >= 15 is 0 Å². The molecular weight excluding hydrogens is 459 g/mol. The molecule has 5 aromatic rings. The van der Waals surface area contributed by atoms with Crippen LogP contribution in [0.4, 0.5) is 29.3 Å². The molecule has 35 heavy (non-hydrogen) atoms. The van der Waals surface area contributed by atoms with E-state index in [0.29, 0.717) is 28.5 Å². The lowest BCUT2D eigenvalue weighted by Crippen LogP contribution is -2.19. The maximum Gasteiger partial charge on any atom is 0.416 e. The molecular formula is C24H16F3N7O. The number of carbonyl (C=O) groups is 1. The molecule has 0 aliphatic carbocycles. The number of amides is 2. The van der Waals surface area contributed by atoms with Gasteiger partial charge in [-0.3, -0.25) is 4.98 Å². The summed E-state index contributed by atoms with van der Waals surface area (Å²) in [5.41, 5.74) is 2.43. The summed E-state index contributed by atoms with van der Waals surface area (Å²) >= 11 is 0. The number of carbonyl (C=O) groups excluding carboxylic acids is 1. The Labute approximate surface area is 196 Å². The highest BCUT2D eigenvalue weighted by molar-refractivity contribution is 6.00. The second-order valence-corrected chi connectivity index (χ2v) is 7.46. The Morgan fingerprint density at radius 3 is 2.34 bits per heavy atom. The Kier molecular flexibility index (Phi) is 5.57. The van der Waals surface area contributed by atoms with E-state index in [1.807, 2.05) is 18.2 Å². The van der Waals surface area contributed by atoms with Crippen molar-refractivity contribution in [3.05, 3.63) is 90.6 Å². The first-order chi connectivity index (χ1) is 16.9. The molecule has 11 heteroatoms. The van der Waals surface area contributed by atoms with Crippen LogP contribution in [0.5, 0.6) is 0 Å². The van der Waals surface area contributed by atoms with Crippen LogP contribution in [-0.2, 0) is 6.18 Å². The smallest absolute Gasteiger partial charge is 0.308 e. The van der Waals surface area contributed by atoms with Gasteiger partial charge in [0, 0.05) is 23.1 Å². The summed E-state index contributed by atoms with van der Waals surface area (Å²) in [6.07, 6.45) is -2.78. The van der Waals surface area contributed by atoms with E-state index in [1.54, 1.807) is 47.1 Å². The molecule has 0 atom stereocenters. The second-order valence-electron chi connectivity index (χ2n) is 7.46. The Bertz CT molecular complexity index is 1500. The number of nitrogens with one attached hydrogen (secondary N) is 2. The summed E-state index contributed by atoms with van der Waals surface area (Å²) < 4.78 is 39.7. The van der Waals surface area contributed by atoms with Crippen LogP contribution in [0.3, 0.4) is 0 Å². The van der Waals surface area contributed by atoms with Crippen molar-refractivity contribution in [1.82, 2.24) is 24.8 Å². The predicted octanol–water partition coefficient (Wildman–Crippen LogP) is 5.52. The molecule has 0 aliphatic heterocycles. The minimum absolute atomic E-state index is 0.230. The molecule has 5 rings (SSSR count). The van der Waals surface area contributed by atoms with Gasteiger partial charge < -0.3 is 10.6 Å². The molecule has 0 fully saturated rings. The average Bonchev–Trinajstić information content (AvgIpc) is 3.28. The van der Waals surface area contributed by atoms with Gasteiger partial charge in [-0.05, 0) is 60.7 Å². The SMILES string of the molecule is O=C(Nc1ccc(C(F)(F)F)cc1)Nc1cccc(-c2ccc3nnc(-c4ccccn4)n3n2)c1. The number of pyridine rings is 1. The van der Waals surface area contributed by atoms with Gasteiger partial charge in [0.15, 0.2) is 5.65 Å². The highest BCUT2D eigenvalue weighted by atomic mass is 19.4. The van der Waals surface area contributed by atoms with E-state index in [2.05, 4.69) is 30.9 Å². The summed E-state index contributed by atoms with van der Waals surface area (Å²) in [7, 11) is 0. The molecule has 0 spiro atoms. The zero-order chi connectivity index (χ0) is 24.4. The van der Waals surface area contributed by atoms with Crippen molar-refractivity contribution in [2.45, 2.75) is 6.18 Å². The molecule has 0 radical (unpaired) electrons. The highest BCUT2D eigenvalue weighted by Gasteiger charge is 2.30. The number of fused-ring (bicyclic) bond motifs is 1. The Morgan fingerprint density at radius 2 is 1.60 bits per heavy atom. The van der Waals surface area contributed by atoms with E-state index in [-0.39, 0.29) is 5.69 Å². The lowest BCUT2D eigenvalue weighted by Gasteiger charge is -2.11. The van der Waals surface area contributed by atoms with Crippen molar-refractivity contribution in [2.75, 3.05) is 10.6 Å². The molecule has 2 N–H and O–H groups in total. The van der Waals surface area contributed by atoms with Gasteiger partial charge in [-0.15, -0.1) is 10.2 Å². The summed E-state index contributed by atoms with van der Waals surface area (Å²) in [6.45, 7) is 0. The number of halogens is 3. The number of nitrogens with zero attached hydrogens (tertiary/aromatic N) is 5. The van der Waals surface area contributed by atoms with Crippen molar-refractivity contribution in [2.24, 2.45) is 0 Å². The highest BCUT2D eigenvalue weighted by Crippen LogP contribution is 2.30. The van der Waals surface area contributed by atoms with Gasteiger partial charge >= 0.3 is 12.2 Å². The largest absolute Gasteiger partial charge is 0.416 e. The zero-order valence-corrected chi connectivity index (χ0v) is 17.9. The number of urea groups is 1. The van der Waals surface area contributed by atoms with Gasteiger partial charge in [0.2, 0.25) is 5.82 Å². The number of hydrogen-bond donors (Lipinski definition) is 2. The maximum atomic E-state index is 12.7. The number of anilines is 2. The van der Waals surface area contributed by atoms with Gasteiger partial charge in [-0.25, -0.2) is 4.79 Å². The van der Waals surface area contributed by atoms with Crippen LogP contribution in [-0.4, -0.2) is 30.8 Å². The van der Waals surface area contributed by atoms with Crippen LogP contribution >= 0.6 is 0 Å². The van der Waals surface area contributed by atoms with E-state index in [9.17, 15) is 18.0 Å². The molecule has 0 aliphatic rings. The van der Waals surface area contributed by atoms with Crippen molar-refractivity contribution >= 4 is 23.1 Å². The van der Waals surface area contributed by atoms with Crippen molar-refractivity contribution < 1.29 is 18.0 Å². The van der Waals surface area contributed by atoms with Crippen LogP contribution in [0, 0.1) is 0 Å². The normalized spacial score (nSPS) is 11.4. The lowest BCUT2D eigenvalue weighted by molar-refractivity contribution is -0.137. The lowest BCUT2D eigenvalue weighted by atomic mass is 10.1. The summed E-state index contributed by atoms with van der Waals surface area (Å²) in [5.74, 6) is 0.493. The summed E-state index contributed by atoms with van der Waals surface area (Å²) in [6, 6.07) is 19.6. The fraction of sp³-hybridized carbons (Fsp3) is 0.0417. The number of benzene rings is 2. The molecule has 2 aromatic carbocycles. The fourth-order valence-electron chi connectivity index (χ4n) is 3.39. The molecule has 3 aromatic heterocycles. The van der Waals surface area contributed by atoms with E-state index in [4.69, 9.17) is 0 Å². The Hall–Kier alpha value is -4.80. The third-order valence-corrected chi connectivity index (χ3v) is 5.04. The molecule has 3 heterocycles. The zero-order valence-electron chi connectivity index (χ0n) is 17.9. The van der Waals surface area contributed by atoms with E-state index in [1.165, 1.54) is 12.1 Å². The van der Waals surface area contributed by atoms with Gasteiger partial charge in [-0.2, -0.15) is 22.8 Å². The quantitative estimate of drug-likeness (QED) is 0.357. The summed E-state index contributed by atoms with van der Waals surface area (Å²) in [4.78, 5) is 16.7. The van der Waals surface area contributed by atoms with Crippen LogP contribution in [0.15, 0.2) is 85.1 Å². The van der Waals surface area contributed by atoms with Gasteiger partial charge in [0.1, 0.15) is 5.69 Å². The van der Waals surface area contributed by atoms with Crippen LogP contribution in [0.25, 0.3) is 28.4 Å². The minimum atomic E-state index is -4.44. The van der Waals surface area contributed by atoms with Crippen LogP contribution in [0.1, 0.15) is 5.56 Å². The number of alkyl halides is 3. The monoisotopic (exact) mass is 475 g/mol. The molecule has 2 amide bonds. The average molecular weight is 475 g/mol. The first kappa shape index (κ1) is 22.0. The Morgan fingerprint density at radius 1 is 0.800 bits per heavy atom. The Balaban J connectivity index is 1.35. The van der Waals surface area contributed by atoms with Gasteiger partial charge in [-0.1, -0.05) is 18.2 Å². The van der Waals surface area contributed by atoms with Gasteiger partial charge in [0.05, 0.1) is 11.3 Å². The number of hydrogen-bond acceptors (Lipinski definition) is 5. The molecule has 0 saturated carbocycles. The third-order valence-electron chi connectivity index (χ3n) is 5.04. The summed E-state index contributed by atoms with van der Waals surface area (Å²) in [5, 5.41) is 18.1. The predicted molar refractivity (Wildman–Crippen MR) is 124 cm³/mol. The molecule has 174 valence electrons. The number of rotatable bonds is 4. The minimum Gasteiger partial charge on any atom is -0.308 e. The number of aromatic nitrogens is 5. The second kappa shape index (κ2) is 8.86.